The van der Waals surface area contributed by atoms with Crippen molar-refractivity contribution in [2.75, 3.05) is 40.0 Å². The van der Waals surface area contributed by atoms with Crippen LogP contribution in [-0.2, 0) is 11.3 Å². The number of nitrogens with zero attached hydrogens (tertiary/aromatic N) is 3. The van der Waals surface area contributed by atoms with Crippen molar-refractivity contribution in [1.29, 1.82) is 0 Å². The van der Waals surface area contributed by atoms with Crippen molar-refractivity contribution in [2.24, 2.45) is 16.3 Å². The Morgan fingerprint density at radius 1 is 1.48 bits per heavy atom. The lowest BCUT2D eigenvalue weighted by Gasteiger charge is -2.25. The zero-order valence-corrected chi connectivity index (χ0v) is 15.0. The molecule has 6 heteroatoms. The number of aliphatic imine (C=N–C) groups is 1. The van der Waals surface area contributed by atoms with Crippen LogP contribution in [0.5, 0.6) is 5.88 Å². The Morgan fingerprint density at radius 3 is 3.16 bits per heavy atom. The summed E-state index contributed by atoms with van der Waals surface area (Å²) in [6, 6.07) is 4.06. The number of aromatic nitrogens is 1. The van der Waals surface area contributed by atoms with Crippen LogP contribution in [0.4, 0.5) is 0 Å². The number of hydrogen-bond donors (Lipinski definition) is 1. The molecule has 0 aromatic carbocycles. The number of guanidine groups is 1. The Hall–Kier alpha value is -1.82. The number of pyridine rings is 1. The molecule has 0 bridgehead atoms. The minimum absolute atomic E-state index is 0.345. The van der Waals surface area contributed by atoms with Gasteiger partial charge in [-0.3, -0.25) is 4.99 Å². The highest BCUT2D eigenvalue weighted by Gasteiger charge is 2.42. The molecule has 0 amide bonds. The van der Waals surface area contributed by atoms with Crippen molar-refractivity contribution in [3.05, 3.63) is 23.9 Å². The molecule has 2 aliphatic heterocycles. The third kappa shape index (κ3) is 4.06. The van der Waals surface area contributed by atoms with Crippen LogP contribution in [0.3, 0.4) is 0 Å². The van der Waals surface area contributed by atoms with Crippen LogP contribution < -0.4 is 10.1 Å². The maximum absolute atomic E-state index is 5.77. The topological polar surface area (TPSA) is 59.0 Å². The SMILES string of the molecule is CN=C(NCc1ccnc(OCC2CC2)c1)N1CCC2(CCOC2)C1. The molecule has 2 saturated heterocycles. The van der Waals surface area contributed by atoms with Gasteiger partial charge in [0.05, 0.1) is 13.2 Å². The summed E-state index contributed by atoms with van der Waals surface area (Å²) in [6.45, 7) is 5.42. The van der Waals surface area contributed by atoms with Crippen molar-refractivity contribution < 1.29 is 9.47 Å². The summed E-state index contributed by atoms with van der Waals surface area (Å²) in [7, 11) is 1.86. The normalized spacial score (nSPS) is 26.4. The van der Waals surface area contributed by atoms with Crippen LogP contribution >= 0.6 is 0 Å². The minimum Gasteiger partial charge on any atom is -0.477 e. The molecule has 3 aliphatic rings. The summed E-state index contributed by atoms with van der Waals surface area (Å²) in [5.41, 5.74) is 1.51. The van der Waals surface area contributed by atoms with E-state index in [0.29, 0.717) is 5.41 Å². The molecule has 1 unspecified atom stereocenters. The Labute approximate surface area is 149 Å². The maximum Gasteiger partial charge on any atom is 0.213 e. The van der Waals surface area contributed by atoms with Crippen LogP contribution in [0.25, 0.3) is 0 Å². The Morgan fingerprint density at radius 2 is 2.40 bits per heavy atom. The molecule has 25 heavy (non-hydrogen) atoms. The van der Waals surface area contributed by atoms with Gasteiger partial charge < -0.3 is 19.7 Å². The van der Waals surface area contributed by atoms with Crippen molar-refractivity contribution >= 4 is 5.96 Å². The van der Waals surface area contributed by atoms with E-state index in [1.165, 1.54) is 31.2 Å². The largest absolute Gasteiger partial charge is 0.477 e. The average molecular weight is 344 g/mol. The highest BCUT2D eigenvalue weighted by Crippen LogP contribution is 2.38. The third-order valence-corrected chi connectivity index (χ3v) is 5.55. The fourth-order valence-corrected chi connectivity index (χ4v) is 3.73. The number of hydrogen-bond acceptors (Lipinski definition) is 4. The molecule has 1 aliphatic carbocycles. The van der Waals surface area contributed by atoms with Gasteiger partial charge in [0.1, 0.15) is 0 Å². The first-order valence-corrected chi connectivity index (χ1v) is 9.37. The third-order valence-electron chi connectivity index (χ3n) is 5.55. The predicted octanol–water partition coefficient (Wildman–Crippen LogP) is 2.06. The lowest BCUT2D eigenvalue weighted by molar-refractivity contribution is 0.156. The molecule has 0 radical (unpaired) electrons. The summed E-state index contributed by atoms with van der Waals surface area (Å²) in [5, 5.41) is 3.49. The molecule has 6 nitrogen and oxygen atoms in total. The van der Waals surface area contributed by atoms with Crippen LogP contribution in [0.1, 0.15) is 31.2 Å². The molecule has 1 spiro atoms. The van der Waals surface area contributed by atoms with E-state index in [1.807, 2.05) is 25.4 Å². The lowest BCUT2D eigenvalue weighted by Crippen LogP contribution is -2.41. The molecule has 1 aromatic heterocycles. The quantitative estimate of drug-likeness (QED) is 0.654. The van der Waals surface area contributed by atoms with E-state index in [0.717, 1.165) is 57.2 Å². The molecule has 1 saturated carbocycles. The van der Waals surface area contributed by atoms with E-state index in [9.17, 15) is 0 Å². The summed E-state index contributed by atoms with van der Waals surface area (Å²) in [5.74, 6) is 2.44. The average Bonchev–Trinajstić information content (AvgIpc) is 3.22. The van der Waals surface area contributed by atoms with Gasteiger partial charge in [-0.1, -0.05) is 0 Å². The summed E-state index contributed by atoms with van der Waals surface area (Å²) >= 11 is 0. The molecule has 1 atom stereocenters. The van der Waals surface area contributed by atoms with Gasteiger partial charge in [0.15, 0.2) is 5.96 Å². The van der Waals surface area contributed by atoms with Gasteiger partial charge in [0, 0.05) is 51.0 Å². The zero-order chi connectivity index (χ0) is 17.1. The standard InChI is InChI=1S/C19H28N4O2/c1-20-18(23-8-5-19(13-23)6-9-24-14-19)22-11-16-4-7-21-17(10-16)25-12-15-2-3-15/h4,7,10,15H,2-3,5-6,8-9,11-14H2,1H3,(H,20,22). The summed E-state index contributed by atoms with van der Waals surface area (Å²) in [6.07, 6.45) is 6.78. The summed E-state index contributed by atoms with van der Waals surface area (Å²) < 4.78 is 11.4. The van der Waals surface area contributed by atoms with Gasteiger partial charge in [-0.15, -0.1) is 0 Å². The molecule has 3 heterocycles. The van der Waals surface area contributed by atoms with E-state index >= 15 is 0 Å². The van der Waals surface area contributed by atoms with Crippen LogP contribution in [0.15, 0.2) is 23.3 Å². The van der Waals surface area contributed by atoms with Crippen molar-refractivity contribution in [3.8, 4) is 5.88 Å². The second-order valence-corrected chi connectivity index (χ2v) is 7.63. The van der Waals surface area contributed by atoms with Crippen LogP contribution in [-0.4, -0.2) is 55.8 Å². The van der Waals surface area contributed by atoms with E-state index in [2.05, 4.69) is 20.2 Å². The number of nitrogens with one attached hydrogen (secondary N) is 1. The Balaban J connectivity index is 1.31. The fourth-order valence-electron chi connectivity index (χ4n) is 3.73. The Bertz CT molecular complexity index is 624. The molecule has 1 N–H and O–H groups in total. The molecular formula is C19H28N4O2. The van der Waals surface area contributed by atoms with Gasteiger partial charge in [-0.25, -0.2) is 4.98 Å². The summed E-state index contributed by atoms with van der Waals surface area (Å²) in [4.78, 5) is 11.1. The lowest BCUT2D eigenvalue weighted by atomic mass is 9.87. The van der Waals surface area contributed by atoms with Gasteiger partial charge in [-0.05, 0) is 43.2 Å². The smallest absolute Gasteiger partial charge is 0.213 e. The second-order valence-electron chi connectivity index (χ2n) is 7.63. The van der Waals surface area contributed by atoms with E-state index in [1.54, 1.807) is 0 Å². The highest BCUT2D eigenvalue weighted by molar-refractivity contribution is 5.80. The monoisotopic (exact) mass is 344 g/mol. The van der Waals surface area contributed by atoms with Gasteiger partial charge in [0.25, 0.3) is 0 Å². The fraction of sp³-hybridized carbons (Fsp3) is 0.684. The highest BCUT2D eigenvalue weighted by atomic mass is 16.5. The Kier molecular flexibility index (Phi) is 4.79. The van der Waals surface area contributed by atoms with Crippen LogP contribution in [0.2, 0.25) is 0 Å². The number of likely N-dealkylation sites (tertiary alicyclic amines) is 1. The van der Waals surface area contributed by atoms with Gasteiger partial charge in [0.2, 0.25) is 5.88 Å². The molecule has 1 aromatic rings. The zero-order valence-electron chi connectivity index (χ0n) is 15.0. The minimum atomic E-state index is 0.345. The van der Waals surface area contributed by atoms with Gasteiger partial charge >= 0.3 is 0 Å². The van der Waals surface area contributed by atoms with Gasteiger partial charge in [-0.2, -0.15) is 0 Å². The molecule has 3 fully saturated rings. The molecular weight excluding hydrogens is 316 g/mol. The first-order valence-electron chi connectivity index (χ1n) is 9.37. The second kappa shape index (κ2) is 7.20. The molecule has 4 rings (SSSR count). The molecule has 136 valence electrons. The predicted molar refractivity (Wildman–Crippen MR) is 96.7 cm³/mol. The maximum atomic E-state index is 5.77. The van der Waals surface area contributed by atoms with Crippen LogP contribution in [0, 0.1) is 11.3 Å². The van der Waals surface area contributed by atoms with E-state index in [-0.39, 0.29) is 0 Å². The van der Waals surface area contributed by atoms with E-state index < -0.39 is 0 Å². The number of rotatable bonds is 5. The first kappa shape index (κ1) is 16.6. The van der Waals surface area contributed by atoms with E-state index in [4.69, 9.17) is 9.47 Å². The van der Waals surface area contributed by atoms with Crippen molar-refractivity contribution in [3.63, 3.8) is 0 Å². The first-order chi connectivity index (χ1) is 12.3. The van der Waals surface area contributed by atoms with Crippen molar-refractivity contribution in [2.45, 2.75) is 32.2 Å². The van der Waals surface area contributed by atoms with Crippen molar-refractivity contribution in [1.82, 2.24) is 15.2 Å². The number of ether oxygens (including phenoxy) is 2.